The summed E-state index contributed by atoms with van der Waals surface area (Å²) < 4.78 is 5.40. The first-order chi connectivity index (χ1) is 11.7. The third-order valence-corrected chi connectivity index (χ3v) is 4.37. The molecule has 4 heteroatoms. The molecule has 0 saturated carbocycles. The molecule has 2 aromatic carbocycles. The Kier molecular flexibility index (Phi) is 5.06. The highest BCUT2D eigenvalue weighted by Gasteiger charge is 2.50. The van der Waals surface area contributed by atoms with Crippen LogP contribution >= 0.6 is 0 Å². The molecule has 1 saturated heterocycles. The van der Waals surface area contributed by atoms with Crippen molar-refractivity contribution in [3.05, 3.63) is 71.8 Å². The van der Waals surface area contributed by atoms with Crippen LogP contribution in [0.15, 0.2) is 60.7 Å². The fraction of sp³-hybridized carbons (Fsp3) is 0.300. The van der Waals surface area contributed by atoms with Gasteiger partial charge in [0, 0.05) is 18.8 Å². The summed E-state index contributed by atoms with van der Waals surface area (Å²) in [4.78, 5) is 26.8. The van der Waals surface area contributed by atoms with Crippen molar-refractivity contribution in [2.75, 3.05) is 13.2 Å². The molecule has 2 aromatic rings. The van der Waals surface area contributed by atoms with E-state index in [1.54, 1.807) is 12.1 Å². The second-order valence-corrected chi connectivity index (χ2v) is 5.83. The van der Waals surface area contributed by atoms with E-state index in [1.165, 1.54) is 4.90 Å². The lowest BCUT2D eigenvalue weighted by atomic mass is 9.80. The molecule has 2 atom stereocenters. The van der Waals surface area contributed by atoms with Crippen molar-refractivity contribution >= 4 is 11.8 Å². The molecule has 4 nitrogen and oxygen atoms in total. The van der Waals surface area contributed by atoms with Crippen molar-refractivity contribution in [1.82, 2.24) is 4.90 Å². The average molecular weight is 323 g/mol. The largest absolute Gasteiger partial charge is 0.382 e. The number of nitrogens with zero attached hydrogens (tertiary/aromatic N) is 1. The Morgan fingerprint density at radius 2 is 1.67 bits per heavy atom. The zero-order valence-corrected chi connectivity index (χ0v) is 13.7. The van der Waals surface area contributed by atoms with Gasteiger partial charge in [0.1, 0.15) is 0 Å². The van der Waals surface area contributed by atoms with Gasteiger partial charge in [0.05, 0.1) is 12.0 Å². The second kappa shape index (κ2) is 7.41. The van der Waals surface area contributed by atoms with Gasteiger partial charge < -0.3 is 4.74 Å². The third kappa shape index (κ3) is 3.10. The molecule has 1 heterocycles. The van der Waals surface area contributed by atoms with Gasteiger partial charge in [0.15, 0.2) is 0 Å². The van der Waals surface area contributed by atoms with E-state index in [9.17, 15) is 9.59 Å². The number of carbonyl (C=O) groups is 2. The van der Waals surface area contributed by atoms with E-state index in [2.05, 4.69) is 0 Å². The molecule has 1 fully saturated rings. The Labute approximate surface area is 142 Å². The summed E-state index contributed by atoms with van der Waals surface area (Å²) >= 11 is 0. The van der Waals surface area contributed by atoms with Crippen LogP contribution in [0.2, 0.25) is 0 Å². The molecular weight excluding hydrogens is 302 g/mol. The van der Waals surface area contributed by atoms with Crippen LogP contribution in [-0.4, -0.2) is 29.9 Å². The highest BCUT2D eigenvalue weighted by Crippen LogP contribution is 2.42. The molecule has 0 aliphatic carbocycles. The number of rotatable bonds is 6. The van der Waals surface area contributed by atoms with Gasteiger partial charge in [-0.15, -0.1) is 0 Å². The maximum Gasteiger partial charge on any atom is 0.261 e. The Morgan fingerprint density at radius 1 is 1.04 bits per heavy atom. The Hall–Kier alpha value is -2.46. The molecule has 0 spiro atoms. The summed E-state index contributed by atoms with van der Waals surface area (Å²) in [5.41, 5.74) is 1.53. The van der Waals surface area contributed by atoms with E-state index < -0.39 is 0 Å². The maximum absolute atomic E-state index is 12.8. The third-order valence-electron chi connectivity index (χ3n) is 4.37. The Morgan fingerprint density at radius 3 is 2.29 bits per heavy atom. The minimum atomic E-state index is -0.234. The quantitative estimate of drug-likeness (QED) is 0.465. The number of likely N-dealkylation sites (tertiary alicyclic amines) is 1. The van der Waals surface area contributed by atoms with E-state index in [4.69, 9.17) is 4.74 Å². The molecule has 0 aromatic heterocycles. The normalized spacial score (nSPS) is 19.9. The van der Waals surface area contributed by atoms with Crippen molar-refractivity contribution in [3.63, 3.8) is 0 Å². The van der Waals surface area contributed by atoms with Gasteiger partial charge in [-0.25, -0.2) is 0 Å². The van der Waals surface area contributed by atoms with Crippen molar-refractivity contribution in [2.24, 2.45) is 5.92 Å². The van der Waals surface area contributed by atoms with Crippen molar-refractivity contribution < 1.29 is 14.3 Å². The first-order valence-corrected chi connectivity index (χ1v) is 8.29. The molecule has 0 unspecified atom stereocenters. The number of β-lactam (4-membered cyclic amide) rings is 1. The number of imide groups is 1. The minimum absolute atomic E-state index is 0.114. The summed E-state index contributed by atoms with van der Waals surface area (Å²) in [6.07, 6.45) is 0.630. The van der Waals surface area contributed by atoms with E-state index >= 15 is 0 Å². The van der Waals surface area contributed by atoms with Gasteiger partial charge in [-0.1, -0.05) is 48.5 Å². The number of amides is 2. The van der Waals surface area contributed by atoms with E-state index in [0.29, 0.717) is 25.2 Å². The summed E-state index contributed by atoms with van der Waals surface area (Å²) in [6.45, 7) is 3.09. The van der Waals surface area contributed by atoms with Crippen molar-refractivity contribution in [2.45, 2.75) is 19.4 Å². The topological polar surface area (TPSA) is 46.6 Å². The lowest BCUT2D eigenvalue weighted by Gasteiger charge is -2.46. The number of hydrogen-bond donors (Lipinski definition) is 0. The summed E-state index contributed by atoms with van der Waals surface area (Å²) in [6, 6.07) is 18.5. The summed E-state index contributed by atoms with van der Waals surface area (Å²) in [5, 5.41) is 0. The number of carbonyl (C=O) groups excluding carboxylic acids is 2. The molecule has 3 rings (SSSR count). The lowest BCUT2D eigenvalue weighted by Crippen LogP contribution is -2.57. The van der Waals surface area contributed by atoms with Crippen LogP contribution in [0.25, 0.3) is 0 Å². The number of ether oxygens (including phenoxy) is 1. The smallest absolute Gasteiger partial charge is 0.261 e. The number of hydrogen-bond acceptors (Lipinski definition) is 3. The van der Waals surface area contributed by atoms with Crippen molar-refractivity contribution in [3.8, 4) is 0 Å². The molecule has 0 bridgehead atoms. The van der Waals surface area contributed by atoms with Crippen LogP contribution in [0.3, 0.4) is 0 Å². The van der Waals surface area contributed by atoms with Crippen LogP contribution in [0.1, 0.15) is 35.3 Å². The average Bonchev–Trinajstić information content (AvgIpc) is 2.64. The van der Waals surface area contributed by atoms with Crippen LogP contribution in [0.5, 0.6) is 0 Å². The van der Waals surface area contributed by atoms with Crippen molar-refractivity contribution in [1.29, 1.82) is 0 Å². The maximum atomic E-state index is 12.8. The SMILES string of the molecule is CCOCC[C@H]1C(=O)N(C(=O)c2ccccc2)[C@@H]1c1ccccc1. The standard InChI is InChI=1S/C20H21NO3/c1-2-24-14-13-17-18(15-9-5-3-6-10-15)21(20(17)23)19(22)16-11-7-4-8-12-16/h3-12,17-18H,2,13-14H2,1H3/t17-,18-/m1/s1. The van der Waals surface area contributed by atoms with Crippen LogP contribution in [0.4, 0.5) is 0 Å². The molecular formula is C20H21NO3. The predicted molar refractivity (Wildman–Crippen MR) is 91.4 cm³/mol. The highest BCUT2D eigenvalue weighted by atomic mass is 16.5. The fourth-order valence-corrected chi connectivity index (χ4v) is 3.16. The molecule has 2 amide bonds. The van der Waals surface area contributed by atoms with Gasteiger partial charge in [-0.3, -0.25) is 14.5 Å². The van der Waals surface area contributed by atoms with Gasteiger partial charge in [0.25, 0.3) is 5.91 Å². The molecule has 124 valence electrons. The molecule has 0 N–H and O–H groups in total. The van der Waals surface area contributed by atoms with Gasteiger partial charge in [-0.2, -0.15) is 0 Å². The molecule has 24 heavy (non-hydrogen) atoms. The minimum Gasteiger partial charge on any atom is -0.382 e. The van der Waals surface area contributed by atoms with E-state index in [0.717, 1.165) is 5.56 Å². The fourth-order valence-electron chi connectivity index (χ4n) is 3.16. The van der Waals surface area contributed by atoms with Crippen LogP contribution < -0.4 is 0 Å². The summed E-state index contributed by atoms with van der Waals surface area (Å²) in [7, 11) is 0. The van der Waals surface area contributed by atoms with E-state index in [1.807, 2.05) is 55.5 Å². The predicted octanol–water partition coefficient (Wildman–Crippen LogP) is 3.45. The second-order valence-electron chi connectivity index (χ2n) is 5.83. The zero-order chi connectivity index (χ0) is 16.9. The van der Waals surface area contributed by atoms with E-state index in [-0.39, 0.29) is 23.8 Å². The summed E-state index contributed by atoms with van der Waals surface area (Å²) in [5.74, 6) is -0.550. The monoisotopic (exact) mass is 323 g/mol. The molecule has 1 aliphatic rings. The molecule has 1 aliphatic heterocycles. The Balaban J connectivity index is 1.85. The van der Waals surface area contributed by atoms with Gasteiger partial charge >= 0.3 is 0 Å². The first kappa shape index (κ1) is 16.4. The zero-order valence-electron chi connectivity index (χ0n) is 13.7. The van der Waals surface area contributed by atoms with Gasteiger partial charge in [0.2, 0.25) is 5.91 Å². The van der Waals surface area contributed by atoms with Crippen LogP contribution in [-0.2, 0) is 9.53 Å². The molecule has 0 radical (unpaired) electrons. The van der Waals surface area contributed by atoms with Gasteiger partial charge in [-0.05, 0) is 31.0 Å². The first-order valence-electron chi connectivity index (χ1n) is 8.29. The lowest BCUT2D eigenvalue weighted by molar-refractivity contribution is -0.152. The Bertz CT molecular complexity index is 699. The number of benzene rings is 2. The van der Waals surface area contributed by atoms with Crippen LogP contribution in [0, 0.1) is 5.92 Å². The highest BCUT2D eigenvalue weighted by molar-refractivity contribution is 6.09.